The number of allylic oxidation sites excluding steroid dienone is 2. The number of benzene rings is 1. The molecule has 1 fully saturated rings. The highest BCUT2D eigenvalue weighted by molar-refractivity contribution is 7.10. The molecule has 1 aromatic carbocycles. The zero-order chi connectivity index (χ0) is 29.9. The molecule has 2 aliphatic carbocycles. The van der Waals surface area contributed by atoms with Gasteiger partial charge in [-0.05, 0) is 72.4 Å². The van der Waals surface area contributed by atoms with Crippen molar-refractivity contribution in [2.75, 3.05) is 6.54 Å². The summed E-state index contributed by atoms with van der Waals surface area (Å²) in [6.07, 6.45) is -2.53. The second kappa shape index (κ2) is 10.4. The summed E-state index contributed by atoms with van der Waals surface area (Å²) in [5, 5.41) is 12.6. The number of nitrogens with zero attached hydrogens (tertiary/aromatic N) is 2. The minimum atomic E-state index is -4.62. The van der Waals surface area contributed by atoms with Crippen LogP contribution in [0.5, 0.6) is 0 Å². The largest absolute Gasteiger partial charge is 0.416 e. The number of aryl methyl sites for hydroxylation is 1. The van der Waals surface area contributed by atoms with E-state index in [1.54, 1.807) is 6.08 Å². The molecular formula is C30H28F5N3O3S. The van der Waals surface area contributed by atoms with Gasteiger partial charge in [0.15, 0.2) is 6.10 Å². The van der Waals surface area contributed by atoms with Crippen LogP contribution in [0.4, 0.5) is 22.0 Å². The lowest BCUT2D eigenvalue weighted by atomic mass is 9.92. The van der Waals surface area contributed by atoms with Gasteiger partial charge in [0.05, 0.1) is 28.8 Å². The monoisotopic (exact) mass is 605 g/mol. The van der Waals surface area contributed by atoms with Gasteiger partial charge < -0.3 is 15.0 Å². The highest BCUT2D eigenvalue weighted by atomic mass is 32.1. The number of fused-ring (bicyclic) bond motifs is 1. The zero-order valence-electron chi connectivity index (χ0n) is 22.4. The van der Waals surface area contributed by atoms with Gasteiger partial charge in [0, 0.05) is 24.3 Å². The predicted octanol–water partition coefficient (Wildman–Crippen LogP) is 6.14. The van der Waals surface area contributed by atoms with E-state index in [-0.39, 0.29) is 37.1 Å². The number of aromatic amines is 1. The summed E-state index contributed by atoms with van der Waals surface area (Å²) in [4.78, 5) is 36.5. The lowest BCUT2D eigenvalue weighted by Crippen LogP contribution is -2.36. The van der Waals surface area contributed by atoms with Gasteiger partial charge in [0.1, 0.15) is 5.82 Å². The molecule has 42 heavy (non-hydrogen) atoms. The van der Waals surface area contributed by atoms with E-state index in [0.29, 0.717) is 30.8 Å². The molecule has 0 spiro atoms. The first kappa shape index (κ1) is 28.7. The van der Waals surface area contributed by atoms with Gasteiger partial charge in [0.2, 0.25) is 0 Å². The molecule has 0 bridgehead atoms. The summed E-state index contributed by atoms with van der Waals surface area (Å²) in [6.45, 7) is 0.0787. The minimum Gasteiger partial charge on any atom is -0.378 e. The number of carbonyl (C=O) groups is 1. The van der Waals surface area contributed by atoms with Crippen LogP contribution in [0.1, 0.15) is 83.3 Å². The first-order chi connectivity index (χ1) is 19.9. The van der Waals surface area contributed by atoms with E-state index in [2.05, 4.69) is 4.98 Å². The van der Waals surface area contributed by atoms with Crippen molar-refractivity contribution in [2.24, 2.45) is 0 Å². The Balaban J connectivity index is 1.23. The highest BCUT2D eigenvalue weighted by Gasteiger charge is 2.50. The first-order valence-corrected chi connectivity index (χ1v) is 14.7. The number of alkyl halides is 5. The first-order valence-electron chi connectivity index (χ1n) is 13.8. The van der Waals surface area contributed by atoms with Gasteiger partial charge in [-0.1, -0.05) is 18.2 Å². The molecule has 0 radical (unpaired) electrons. The van der Waals surface area contributed by atoms with Crippen molar-refractivity contribution in [3.05, 3.63) is 90.8 Å². The number of hydrogen-bond donors (Lipinski definition) is 2. The average Bonchev–Trinajstić information content (AvgIpc) is 3.67. The topological polar surface area (TPSA) is 86.3 Å². The number of carbonyl (C=O) groups excluding carboxylic acids is 1. The SMILES string of the molecule is O=C(C(O)c1cccc(C(F)(F)F)c1)N1CCCc2nc(C3(c4cc(C5=CCC(F)(F)CC5)cs4)CC3)[nH]c(=O)c2C1. The van der Waals surface area contributed by atoms with Crippen LogP contribution in [0.15, 0.2) is 46.6 Å². The second-order valence-corrected chi connectivity index (χ2v) is 12.2. The van der Waals surface area contributed by atoms with Crippen LogP contribution in [-0.4, -0.2) is 38.3 Å². The smallest absolute Gasteiger partial charge is 0.378 e. The Bertz CT molecular complexity index is 1620. The number of aliphatic hydroxyl groups is 1. The lowest BCUT2D eigenvalue weighted by Gasteiger charge is -2.24. The summed E-state index contributed by atoms with van der Waals surface area (Å²) in [6, 6.07) is 6.02. The van der Waals surface area contributed by atoms with Gasteiger partial charge in [-0.15, -0.1) is 11.3 Å². The summed E-state index contributed by atoms with van der Waals surface area (Å²) in [5.74, 6) is -2.92. The van der Waals surface area contributed by atoms with Gasteiger partial charge in [0.25, 0.3) is 17.4 Å². The molecule has 6 nitrogen and oxygen atoms in total. The molecule has 3 aromatic rings. The third-order valence-corrected chi connectivity index (χ3v) is 9.55. The van der Waals surface area contributed by atoms with E-state index in [1.165, 1.54) is 22.3 Å². The van der Waals surface area contributed by atoms with Gasteiger partial charge in [-0.3, -0.25) is 9.59 Å². The quantitative estimate of drug-likeness (QED) is 0.342. The molecule has 6 rings (SSSR count). The molecule has 3 heterocycles. The maximum absolute atomic E-state index is 13.6. The lowest BCUT2D eigenvalue weighted by molar-refractivity contribution is -0.142. The fraction of sp³-hybridized carbons (Fsp3) is 0.433. The van der Waals surface area contributed by atoms with Crippen LogP contribution in [0.2, 0.25) is 0 Å². The molecule has 0 saturated heterocycles. The number of thiophene rings is 1. The van der Waals surface area contributed by atoms with Crippen LogP contribution < -0.4 is 5.56 Å². The Labute approximate surface area is 241 Å². The van der Waals surface area contributed by atoms with Crippen LogP contribution in [-0.2, 0) is 29.4 Å². The van der Waals surface area contributed by atoms with Crippen LogP contribution in [0, 0.1) is 0 Å². The Morgan fingerprint density at radius 3 is 2.62 bits per heavy atom. The predicted molar refractivity (Wildman–Crippen MR) is 146 cm³/mol. The molecule has 222 valence electrons. The molecule has 1 saturated carbocycles. The number of amides is 1. The minimum absolute atomic E-state index is 0.123. The van der Waals surface area contributed by atoms with E-state index >= 15 is 0 Å². The number of nitrogens with one attached hydrogen (secondary N) is 1. The van der Waals surface area contributed by atoms with Crippen molar-refractivity contribution >= 4 is 22.8 Å². The Hall–Kier alpha value is -3.38. The molecule has 3 aliphatic rings. The zero-order valence-corrected chi connectivity index (χ0v) is 23.3. The molecule has 2 N–H and O–H groups in total. The van der Waals surface area contributed by atoms with Crippen molar-refractivity contribution < 1.29 is 31.9 Å². The Kier molecular flexibility index (Phi) is 7.12. The number of halogens is 5. The number of aromatic nitrogens is 2. The Morgan fingerprint density at radius 2 is 1.93 bits per heavy atom. The highest BCUT2D eigenvalue weighted by Crippen LogP contribution is 2.54. The van der Waals surface area contributed by atoms with Gasteiger partial charge in [-0.25, -0.2) is 13.8 Å². The second-order valence-electron chi connectivity index (χ2n) is 11.3. The maximum atomic E-state index is 13.6. The summed E-state index contributed by atoms with van der Waals surface area (Å²) >= 11 is 1.52. The van der Waals surface area contributed by atoms with E-state index in [0.717, 1.165) is 47.1 Å². The van der Waals surface area contributed by atoms with Gasteiger partial charge in [-0.2, -0.15) is 13.2 Å². The standard InChI is InChI=1S/C30H28F5N3O3S/c31-29(32)8-6-17(7-9-29)19-14-23(42-16-19)28(10-11-28)27-36-22-5-2-12-38(15-21(22)25(40)37-27)26(41)24(39)18-3-1-4-20(13-18)30(33,34)35/h1,3-4,6,13-14,16,24,39H,2,5,7-12,15H2,(H,36,37,40). The number of aliphatic hydroxyl groups excluding tert-OH is 1. The van der Waals surface area contributed by atoms with E-state index in [1.807, 2.05) is 11.4 Å². The average molecular weight is 606 g/mol. The van der Waals surface area contributed by atoms with Crippen molar-refractivity contribution in [2.45, 2.75) is 75.1 Å². The fourth-order valence-corrected chi connectivity index (χ4v) is 6.97. The van der Waals surface area contributed by atoms with Crippen molar-refractivity contribution in [1.29, 1.82) is 0 Å². The molecule has 1 amide bonds. The van der Waals surface area contributed by atoms with Crippen molar-refractivity contribution in [3.8, 4) is 0 Å². The van der Waals surface area contributed by atoms with Crippen molar-refractivity contribution in [1.82, 2.24) is 14.9 Å². The maximum Gasteiger partial charge on any atom is 0.416 e. The van der Waals surface area contributed by atoms with Crippen molar-refractivity contribution in [3.63, 3.8) is 0 Å². The normalized spacial score (nSPS) is 20.3. The van der Waals surface area contributed by atoms with E-state index < -0.39 is 40.6 Å². The molecule has 1 unspecified atom stereocenters. The molecule has 2 aromatic heterocycles. The third kappa shape index (κ3) is 5.42. The number of H-pyrrole nitrogens is 1. The van der Waals surface area contributed by atoms with E-state index in [4.69, 9.17) is 4.98 Å². The molecule has 12 heteroatoms. The molecular weight excluding hydrogens is 577 g/mol. The summed E-state index contributed by atoms with van der Waals surface area (Å²) < 4.78 is 66.6. The Morgan fingerprint density at radius 1 is 1.14 bits per heavy atom. The number of hydrogen-bond acceptors (Lipinski definition) is 5. The van der Waals surface area contributed by atoms with E-state index in [9.17, 15) is 36.6 Å². The summed E-state index contributed by atoms with van der Waals surface area (Å²) in [7, 11) is 0. The fourth-order valence-electron chi connectivity index (χ4n) is 5.77. The molecule has 1 atom stereocenters. The summed E-state index contributed by atoms with van der Waals surface area (Å²) in [5.41, 5.74) is 0.661. The van der Waals surface area contributed by atoms with Gasteiger partial charge >= 0.3 is 6.18 Å². The molecule has 1 aliphatic heterocycles. The van der Waals surface area contributed by atoms with Crippen LogP contribution in [0.25, 0.3) is 5.57 Å². The van der Waals surface area contributed by atoms with Crippen LogP contribution in [0.3, 0.4) is 0 Å². The van der Waals surface area contributed by atoms with Crippen LogP contribution >= 0.6 is 11.3 Å². The number of rotatable bonds is 5. The third-order valence-electron chi connectivity index (χ3n) is 8.42.